The molecule has 1 fully saturated rings. The normalized spacial score (nSPS) is 15.0. The molecule has 0 unspecified atom stereocenters. The molecule has 0 radical (unpaired) electrons. The van der Waals surface area contributed by atoms with Crippen LogP contribution in [0.25, 0.3) is 10.9 Å². The Morgan fingerprint density at radius 1 is 1.30 bits per heavy atom. The lowest BCUT2D eigenvalue weighted by Gasteiger charge is -2.09. The third-order valence-corrected chi connectivity index (χ3v) is 3.75. The Labute approximate surface area is 116 Å². The molecule has 1 aliphatic carbocycles. The van der Waals surface area contributed by atoms with Crippen molar-refractivity contribution in [2.75, 3.05) is 0 Å². The molecule has 0 aliphatic heterocycles. The number of rotatable bonds is 5. The monoisotopic (exact) mass is 268 g/mol. The van der Waals surface area contributed by atoms with Crippen molar-refractivity contribution in [3.8, 4) is 0 Å². The van der Waals surface area contributed by atoms with Gasteiger partial charge in [0.1, 0.15) is 0 Å². The number of nitrogens with zero attached hydrogens (tertiary/aromatic N) is 3. The fourth-order valence-corrected chi connectivity index (χ4v) is 2.57. The van der Waals surface area contributed by atoms with Gasteiger partial charge in [-0.2, -0.15) is 4.98 Å². The van der Waals surface area contributed by atoms with Gasteiger partial charge >= 0.3 is 0 Å². The van der Waals surface area contributed by atoms with Gasteiger partial charge in [-0.25, -0.2) is 0 Å². The van der Waals surface area contributed by atoms with Crippen molar-refractivity contribution in [3.05, 3.63) is 48.2 Å². The second-order valence-electron chi connectivity index (χ2n) is 5.30. The van der Waals surface area contributed by atoms with Crippen molar-refractivity contribution < 1.29 is 4.52 Å². The summed E-state index contributed by atoms with van der Waals surface area (Å²) in [5.41, 5.74) is 2.58. The molecule has 2 heterocycles. The van der Waals surface area contributed by atoms with E-state index in [1.54, 1.807) is 0 Å². The molecule has 1 N–H and O–H groups in total. The third-order valence-electron chi connectivity index (χ3n) is 3.75. The van der Waals surface area contributed by atoms with Crippen molar-refractivity contribution in [1.82, 2.24) is 20.0 Å². The topological polar surface area (TPSA) is 55.9 Å². The summed E-state index contributed by atoms with van der Waals surface area (Å²) in [6.07, 6.45) is 6.07. The van der Waals surface area contributed by atoms with Crippen LogP contribution in [0.15, 0.2) is 41.4 Å². The molecule has 4 rings (SSSR count). The SMILES string of the molecule is c1cc(CNC2CC2)c2c(c1)ccn2Cc1ncon1. The number of hydrogen-bond donors (Lipinski definition) is 1. The molecule has 0 saturated heterocycles. The summed E-state index contributed by atoms with van der Waals surface area (Å²) >= 11 is 0. The maximum absolute atomic E-state index is 4.81. The van der Waals surface area contributed by atoms with E-state index in [9.17, 15) is 0 Å². The molecule has 5 nitrogen and oxygen atoms in total. The van der Waals surface area contributed by atoms with Crippen LogP contribution in [-0.2, 0) is 13.1 Å². The molecule has 20 heavy (non-hydrogen) atoms. The number of nitrogens with one attached hydrogen (secondary N) is 1. The molecule has 0 amide bonds. The van der Waals surface area contributed by atoms with Crippen LogP contribution in [0.1, 0.15) is 24.2 Å². The summed E-state index contributed by atoms with van der Waals surface area (Å²) in [6.45, 7) is 1.55. The Morgan fingerprint density at radius 2 is 2.25 bits per heavy atom. The molecule has 1 saturated carbocycles. The van der Waals surface area contributed by atoms with Gasteiger partial charge in [0.15, 0.2) is 5.82 Å². The Bertz CT molecular complexity index is 713. The first kappa shape index (κ1) is 11.7. The van der Waals surface area contributed by atoms with E-state index >= 15 is 0 Å². The molecule has 0 atom stereocenters. The van der Waals surface area contributed by atoms with Gasteiger partial charge in [0.05, 0.1) is 12.1 Å². The van der Waals surface area contributed by atoms with E-state index in [0.29, 0.717) is 18.4 Å². The summed E-state index contributed by atoms with van der Waals surface area (Å²) in [5, 5.41) is 8.72. The first-order chi connectivity index (χ1) is 9.90. The first-order valence-corrected chi connectivity index (χ1v) is 6.95. The van der Waals surface area contributed by atoms with Crippen LogP contribution >= 0.6 is 0 Å². The fourth-order valence-electron chi connectivity index (χ4n) is 2.57. The summed E-state index contributed by atoms with van der Waals surface area (Å²) in [4.78, 5) is 4.10. The molecule has 2 aromatic heterocycles. The molecule has 3 aromatic rings. The van der Waals surface area contributed by atoms with Gasteiger partial charge in [0.25, 0.3) is 0 Å². The zero-order valence-corrected chi connectivity index (χ0v) is 11.1. The van der Waals surface area contributed by atoms with Crippen LogP contribution in [-0.4, -0.2) is 20.7 Å². The lowest BCUT2D eigenvalue weighted by Crippen LogP contribution is -2.16. The van der Waals surface area contributed by atoms with Crippen LogP contribution < -0.4 is 5.32 Å². The minimum absolute atomic E-state index is 0.639. The highest BCUT2D eigenvalue weighted by molar-refractivity contribution is 5.83. The lowest BCUT2D eigenvalue weighted by atomic mass is 10.1. The Balaban J connectivity index is 1.68. The van der Waals surface area contributed by atoms with Gasteiger partial charge in [0.2, 0.25) is 6.39 Å². The number of hydrogen-bond acceptors (Lipinski definition) is 4. The zero-order valence-electron chi connectivity index (χ0n) is 11.1. The van der Waals surface area contributed by atoms with E-state index in [4.69, 9.17) is 4.52 Å². The predicted octanol–water partition coefficient (Wildman–Crippen LogP) is 2.32. The molecule has 0 spiro atoms. The van der Waals surface area contributed by atoms with Crippen LogP contribution in [0.3, 0.4) is 0 Å². The summed E-state index contributed by atoms with van der Waals surface area (Å²) < 4.78 is 6.99. The second kappa shape index (κ2) is 4.76. The van der Waals surface area contributed by atoms with Crippen molar-refractivity contribution >= 4 is 10.9 Å². The predicted molar refractivity (Wildman–Crippen MR) is 75.2 cm³/mol. The summed E-state index contributed by atoms with van der Waals surface area (Å²) in [6, 6.07) is 9.29. The Kier molecular flexibility index (Phi) is 2.77. The smallest absolute Gasteiger partial charge is 0.213 e. The highest BCUT2D eigenvalue weighted by Gasteiger charge is 2.20. The molecule has 1 aliphatic rings. The van der Waals surface area contributed by atoms with Gasteiger partial charge in [-0.1, -0.05) is 23.4 Å². The Hall–Kier alpha value is -2.14. The number of benzene rings is 1. The lowest BCUT2D eigenvalue weighted by molar-refractivity contribution is 0.408. The van der Waals surface area contributed by atoms with Crippen molar-refractivity contribution in [1.29, 1.82) is 0 Å². The number of para-hydroxylation sites is 1. The van der Waals surface area contributed by atoms with Crippen LogP contribution in [0.2, 0.25) is 0 Å². The van der Waals surface area contributed by atoms with E-state index in [1.165, 1.54) is 35.7 Å². The van der Waals surface area contributed by atoms with Gasteiger partial charge in [0, 0.05) is 18.8 Å². The molecular formula is C15H16N4O. The van der Waals surface area contributed by atoms with Crippen LogP contribution in [0, 0.1) is 0 Å². The average Bonchev–Trinajstić information content (AvgIpc) is 2.98. The minimum atomic E-state index is 0.639. The average molecular weight is 268 g/mol. The highest BCUT2D eigenvalue weighted by Crippen LogP contribution is 2.23. The maximum atomic E-state index is 4.81. The quantitative estimate of drug-likeness (QED) is 0.771. The fraction of sp³-hybridized carbons (Fsp3) is 0.333. The molecule has 1 aromatic carbocycles. The second-order valence-corrected chi connectivity index (χ2v) is 5.30. The third kappa shape index (κ3) is 2.20. The van der Waals surface area contributed by atoms with Gasteiger partial charge < -0.3 is 14.4 Å². The van der Waals surface area contributed by atoms with Crippen LogP contribution in [0.4, 0.5) is 0 Å². The van der Waals surface area contributed by atoms with Crippen molar-refractivity contribution in [2.45, 2.75) is 32.0 Å². The standard InChI is InChI=1S/C15H16N4O/c1-2-11-6-7-19(9-14-17-10-20-18-14)15(11)12(3-1)8-16-13-4-5-13/h1-3,6-7,10,13,16H,4-5,8-9H2. The van der Waals surface area contributed by atoms with E-state index in [-0.39, 0.29) is 0 Å². The molecule has 5 heteroatoms. The van der Waals surface area contributed by atoms with E-state index in [1.807, 2.05) is 0 Å². The van der Waals surface area contributed by atoms with Gasteiger partial charge in [-0.3, -0.25) is 0 Å². The minimum Gasteiger partial charge on any atom is -0.343 e. The summed E-state index contributed by atoms with van der Waals surface area (Å²) in [7, 11) is 0. The molecule has 0 bridgehead atoms. The maximum Gasteiger partial charge on any atom is 0.213 e. The number of aromatic nitrogens is 3. The van der Waals surface area contributed by atoms with E-state index in [2.05, 4.69) is 50.5 Å². The van der Waals surface area contributed by atoms with Gasteiger partial charge in [-0.15, -0.1) is 0 Å². The molecule has 102 valence electrons. The zero-order chi connectivity index (χ0) is 13.4. The van der Waals surface area contributed by atoms with E-state index in [0.717, 1.165) is 6.54 Å². The van der Waals surface area contributed by atoms with Crippen LogP contribution in [0.5, 0.6) is 0 Å². The highest BCUT2D eigenvalue weighted by atomic mass is 16.5. The number of fused-ring (bicyclic) bond motifs is 1. The Morgan fingerprint density at radius 3 is 3.05 bits per heavy atom. The summed E-state index contributed by atoms with van der Waals surface area (Å²) in [5.74, 6) is 0.701. The molecular weight excluding hydrogens is 252 g/mol. The van der Waals surface area contributed by atoms with Crippen molar-refractivity contribution in [2.24, 2.45) is 0 Å². The first-order valence-electron chi connectivity index (χ1n) is 6.95. The van der Waals surface area contributed by atoms with E-state index < -0.39 is 0 Å². The largest absolute Gasteiger partial charge is 0.343 e. The van der Waals surface area contributed by atoms with Gasteiger partial charge in [-0.05, 0) is 29.9 Å². The van der Waals surface area contributed by atoms with Crippen molar-refractivity contribution in [3.63, 3.8) is 0 Å².